The molecule has 238 valence electrons. The minimum atomic E-state index is -3.96. The quantitative estimate of drug-likeness (QED) is 0.217. The number of unbranched alkanes of at least 4 members (excludes halogenated alkanes) is 1. The normalized spacial score (nSPS) is 19.3. The van der Waals surface area contributed by atoms with E-state index in [9.17, 15) is 27.7 Å². The topological polar surface area (TPSA) is 145 Å². The molecule has 44 heavy (non-hydrogen) atoms. The molecule has 1 unspecified atom stereocenters. The Balaban J connectivity index is 1.66. The fourth-order valence-electron chi connectivity index (χ4n) is 6.05. The number of halogens is 1. The molecule has 0 radical (unpaired) electrons. The van der Waals surface area contributed by atoms with E-state index in [1.807, 2.05) is 42.2 Å². The van der Waals surface area contributed by atoms with E-state index in [4.69, 9.17) is 11.6 Å². The zero-order chi connectivity index (χ0) is 31.9. The van der Waals surface area contributed by atoms with Gasteiger partial charge in [0.2, 0.25) is 10.0 Å². The van der Waals surface area contributed by atoms with Crippen molar-refractivity contribution in [2.24, 2.45) is 11.1 Å². The van der Waals surface area contributed by atoms with Crippen LogP contribution in [0, 0.1) is 10.8 Å². The molecule has 2 atom stereocenters. The number of sulfonamides is 1. The summed E-state index contributed by atoms with van der Waals surface area (Å²) in [5.74, 6) is -2.92. The fraction of sp³-hybridized carbons (Fsp3) is 0.516. The first-order valence-corrected chi connectivity index (χ1v) is 17.0. The van der Waals surface area contributed by atoms with Crippen molar-refractivity contribution in [3.8, 4) is 0 Å². The van der Waals surface area contributed by atoms with Gasteiger partial charge in [0.05, 0.1) is 5.69 Å². The molecule has 2 aromatic rings. The van der Waals surface area contributed by atoms with Gasteiger partial charge in [0.1, 0.15) is 10.9 Å². The number of benzene rings is 2. The molecule has 0 aromatic heterocycles. The summed E-state index contributed by atoms with van der Waals surface area (Å²) < 4.78 is 29.9. The second-order valence-electron chi connectivity index (χ2n) is 11.4. The van der Waals surface area contributed by atoms with Crippen molar-refractivity contribution >= 4 is 50.7 Å². The summed E-state index contributed by atoms with van der Waals surface area (Å²) in [6.07, 6.45) is 6.59. The Hall–Kier alpha value is -3.35. The highest BCUT2D eigenvalue weighted by Crippen LogP contribution is 2.42. The summed E-state index contributed by atoms with van der Waals surface area (Å²) in [4.78, 5) is 50.0. The summed E-state index contributed by atoms with van der Waals surface area (Å²) in [5, 5.41) is 7.45. The Morgan fingerprint density at radius 3 is 2.43 bits per heavy atom. The van der Waals surface area contributed by atoms with Gasteiger partial charge in [-0.15, -0.1) is 4.91 Å². The maximum Gasteiger partial charge on any atom is 0.309 e. The van der Waals surface area contributed by atoms with Crippen LogP contribution in [0.3, 0.4) is 0 Å². The standard InChI is InChI=1S/C31H40ClN5O6S/c1-3-4-17-33-30(39)31(40)34-25(29(38)35-41)16-15-22-18-28-26(19-24(22)32)37(23-13-9-6-10-14-23)20-27(36(2)44(28,42)43)21-11-7-5-8-12-21/h6,9-10,13-14,18-19,21,25,27H,3-5,7-8,11-12,15-17,20H2,1-2H3,(H,33,39)(H,34,40)/t25?,27-/m0/s1. The van der Waals surface area contributed by atoms with Gasteiger partial charge in [-0.1, -0.05) is 62.4 Å². The molecule has 0 spiro atoms. The van der Waals surface area contributed by atoms with Gasteiger partial charge >= 0.3 is 17.7 Å². The fourth-order valence-corrected chi connectivity index (χ4v) is 7.93. The van der Waals surface area contributed by atoms with E-state index in [2.05, 4.69) is 15.8 Å². The van der Waals surface area contributed by atoms with Crippen molar-refractivity contribution in [3.05, 3.63) is 58.0 Å². The van der Waals surface area contributed by atoms with Crippen molar-refractivity contribution in [1.82, 2.24) is 14.9 Å². The number of aryl methyl sites for hydroxylation is 1. The van der Waals surface area contributed by atoms with E-state index < -0.39 is 33.8 Å². The Kier molecular flexibility index (Phi) is 11.5. The van der Waals surface area contributed by atoms with Crippen LogP contribution < -0.4 is 15.5 Å². The summed E-state index contributed by atoms with van der Waals surface area (Å²) in [5.41, 5.74) is 1.71. The van der Waals surface area contributed by atoms with Crippen LogP contribution in [-0.4, -0.2) is 62.7 Å². The highest BCUT2D eigenvalue weighted by atomic mass is 35.5. The number of amides is 3. The third-order valence-electron chi connectivity index (χ3n) is 8.59. The van der Waals surface area contributed by atoms with E-state index in [0.717, 1.165) is 44.2 Å². The molecular weight excluding hydrogens is 606 g/mol. The van der Waals surface area contributed by atoms with E-state index >= 15 is 0 Å². The van der Waals surface area contributed by atoms with Gasteiger partial charge < -0.3 is 15.5 Å². The number of carbonyl (C=O) groups is 3. The van der Waals surface area contributed by atoms with Gasteiger partial charge in [0.25, 0.3) is 0 Å². The van der Waals surface area contributed by atoms with Gasteiger partial charge in [-0.25, -0.2) is 8.42 Å². The predicted octanol–water partition coefficient (Wildman–Crippen LogP) is 4.69. The molecule has 1 fully saturated rings. The van der Waals surface area contributed by atoms with Gasteiger partial charge in [-0.05, 0) is 67.9 Å². The second-order valence-corrected chi connectivity index (χ2v) is 13.8. The average molecular weight is 646 g/mol. The highest BCUT2D eigenvalue weighted by molar-refractivity contribution is 7.89. The molecule has 2 N–H and O–H groups in total. The van der Waals surface area contributed by atoms with Crippen molar-refractivity contribution in [2.45, 2.75) is 81.7 Å². The first kappa shape index (κ1) is 33.5. The predicted molar refractivity (Wildman–Crippen MR) is 169 cm³/mol. The van der Waals surface area contributed by atoms with Gasteiger partial charge in [0.15, 0.2) is 0 Å². The lowest BCUT2D eigenvalue weighted by atomic mass is 9.83. The van der Waals surface area contributed by atoms with Gasteiger partial charge in [-0.3, -0.25) is 14.4 Å². The zero-order valence-electron chi connectivity index (χ0n) is 25.1. The Bertz CT molecular complexity index is 1470. The highest BCUT2D eigenvalue weighted by Gasteiger charge is 2.41. The zero-order valence-corrected chi connectivity index (χ0v) is 26.7. The molecule has 1 heterocycles. The summed E-state index contributed by atoms with van der Waals surface area (Å²) in [6.45, 7) is 2.69. The van der Waals surface area contributed by atoms with Crippen molar-refractivity contribution in [1.29, 1.82) is 0 Å². The van der Waals surface area contributed by atoms with E-state index in [0.29, 0.717) is 30.8 Å². The number of nitrogens with zero attached hydrogens (tertiary/aromatic N) is 3. The van der Waals surface area contributed by atoms with Gasteiger partial charge in [-0.2, -0.15) is 4.31 Å². The molecule has 3 amide bonds. The Labute approximate surface area is 263 Å². The summed E-state index contributed by atoms with van der Waals surface area (Å²) in [6, 6.07) is 11.1. The Morgan fingerprint density at radius 2 is 1.77 bits per heavy atom. The average Bonchev–Trinajstić information content (AvgIpc) is 3.11. The van der Waals surface area contributed by atoms with Crippen LogP contribution in [0.4, 0.5) is 11.4 Å². The molecule has 11 nitrogen and oxygen atoms in total. The number of nitroso groups, excluding NO2 is 1. The number of nitrogens with one attached hydrogen (secondary N) is 2. The molecule has 1 aliphatic carbocycles. The van der Waals surface area contributed by atoms with Crippen LogP contribution in [-0.2, 0) is 30.8 Å². The van der Waals surface area contributed by atoms with Crippen LogP contribution in [0.15, 0.2) is 52.5 Å². The number of likely N-dealkylation sites (N-methyl/N-ethyl adjacent to an activating group) is 1. The molecule has 2 aliphatic rings. The number of carbonyl (C=O) groups excluding carboxylic acids is 3. The number of anilines is 2. The second kappa shape index (κ2) is 15.1. The van der Waals surface area contributed by atoms with Crippen molar-refractivity contribution < 1.29 is 22.8 Å². The number of rotatable bonds is 10. The first-order chi connectivity index (χ1) is 21.1. The maximum atomic E-state index is 14.2. The number of hydrogen-bond acceptors (Lipinski definition) is 7. The third kappa shape index (κ3) is 7.65. The van der Waals surface area contributed by atoms with Crippen molar-refractivity contribution in [2.75, 3.05) is 25.0 Å². The first-order valence-electron chi connectivity index (χ1n) is 15.2. The van der Waals surface area contributed by atoms with Crippen LogP contribution in [0.5, 0.6) is 0 Å². The SMILES string of the molecule is CCCCNC(=O)C(=O)NC(CCc1cc2c(cc1Cl)N(c1ccccc1)C[C@@H](C1CCCCC1)N(C)S2(=O)=O)C(=O)N=O. The largest absolute Gasteiger partial charge is 0.348 e. The lowest BCUT2D eigenvalue weighted by Crippen LogP contribution is -2.47. The van der Waals surface area contributed by atoms with Crippen LogP contribution >= 0.6 is 11.6 Å². The van der Waals surface area contributed by atoms with Gasteiger partial charge in [0, 0.05) is 42.1 Å². The van der Waals surface area contributed by atoms with E-state index in [1.165, 1.54) is 10.4 Å². The molecule has 2 aromatic carbocycles. The minimum Gasteiger partial charge on any atom is -0.348 e. The van der Waals surface area contributed by atoms with Crippen LogP contribution in [0.1, 0.15) is 63.9 Å². The van der Waals surface area contributed by atoms with E-state index in [1.54, 1.807) is 13.1 Å². The smallest absolute Gasteiger partial charge is 0.309 e. The maximum absolute atomic E-state index is 14.2. The van der Waals surface area contributed by atoms with Crippen molar-refractivity contribution in [3.63, 3.8) is 0 Å². The van der Waals surface area contributed by atoms with Crippen LogP contribution in [0.2, 0.25) is 5.02 Å². The molecule has 0 bridgehead atoms. The number of para-hydroxylation sites is 1. The molecule has 4 rings (SSSR count). The lowest BCUT2D eigenvalue weighted by Gasteiger charge is -2.36. The van der Waals surface area contributed by atoms with E-state index in [-0.39, 0.29) is 34.7 Å². The monoisotopic (exact) mass is 645 g/mol. The molecule has 13 heteroatoms. The minimum absolute atomic E-state index is 0.0341. The summed E-state index contributed by atoms with van der Waals surface area (Å²) >= 11 is 6.75. The summed E-state index contributed by atoms with van der Waals surface area (Å²) in [7, 11) is -2.33. The number of fused-ring (bicyclic) bond motifs is 1. The molecule has 1 saturated carbocycles. The van der Waals surface area contributed by atoms with Crippen LogP contribution in [0.25, 0.3) is 0 Å². The lowest BCUT2D eigenvalue weighted by molar-refractivity contribution is -0.140. The third-order valence-corrected chi connectivity index (χ3v) is 10.9. The molecular formula is C31H40ClN5O6S. The molecule has 0 saturated heterocycles. The molecule has 1 aliphatic heterocycles. The Morgan fingerprint density at radius 1 is 1.07 bits per heavy atom. The number of hydrogen-bond donors (Lipinski definition) is 2.